The van der Waals surface area contributed by atoms with Gasteiger partial charge in [-0.05, 0) is 24.0 Å². The predicted octanol–water partition coefficient (Wildman–Crippen LogP) is 3.59. The molecule has 102 valence electrons. The first-order valence-electron chi connectivity index (χ1n) is 7.23. The summed E-state index contributed by atoms with van der Waals surface area (Å²) in [7, 11) is 0. The van der Waals surface area contributed by atoms with E-state index in [2.05, 4.69) is 12.1 Å². The molecular formula is C18H19NO. The molecule has 1 aliphatic heterocycles. The molecule has 2 heteroatoms. The van der Waals surface area contributed by atoms with E-state index in [4.69, 9.17) is 0 Å². The summed E-state index contributed by atoms with van der Waals surface area (Å²) in [6.07, 6.45) is 2.68. The smallest absolute Gasteiger partial charge is 0.227 e. The van der Waals surface area contributed by atoms with Crippen molar-refractivity contribution in [2.24, 2.45) is 0 Å². The number of amides is 1. The molecule has 0 aromatic heterocycles. The highest BCUT2D eigenvalue weighted by molar-refractivity contribution is 5.79. The summed E-state index contributed by atoms with van der Waals surface area (Å²) in [6.45, 7) is 0.880. The van der Waals surface area contributed by atoms with Gasteiger partial charge in [-0.25, -0.2) is 0 Å². The van der Waals surface area contributed by atoms with Gasteiger partial charge in [-0.15, -0.1) is 0 Å². The summed E-state index contributed by atoms with van der Waals surface area (Å²) in [5.74, 6) is 0.238. The summed E-state index contributed by atoms with van der Waals surface area (Å²) in [4.78, 5) is 14.6. The molecule has 0 N–H and O–H groups in total. The minimum Gasteiger partial charge on any atom is -0.335 e. The maximum atomic E-state index is 12.5. The van der Waals surface area contributed by atoms with Gasteiger partial charge in [0, 0.05) is 6.54 Å². The Hall–Kier alpha value is -2.09. The molecule has 2 nitrogen and oxygen atoms in total. The van der Waals surface area contributed by atoms with Gasteiger partial charge in [-0.3, -0.25) is 4.79 Å². The van der Waals surface area contributed by atoms with Crippen molar-refractivity contribution in [2.45, 2.75) is 25.3 Å². The first-order chi connectivity index (χ1) is 9.84. The molecule has 0 bridgehead atoms. The zero-order chi connectivity index (χ0) is 13.8. The summed E-state index contributed by atoms with van der Waals surface area (Å²) in [5.41, 5.74) is 2.35. The van der Waals surface area contributed by atoms with E-state index in [9.17, 15) is 4.79 Å². The molecule has 0 aliphatic carbocycles. The van der Waals surface area contributed by atoms with E-state index in [1.807, 2.05) is 53.4 Å². The van der Waals surface area contributed by atoms with Crippen LogP contribution in [0.15, 0.2) is 60.7 Å². The molecule has 1 heterocycles. The van der Waals surface area contributed by atoms with Crippen molar-refractivity contribution in [1.29, 1.82) is 0 Å². The number of likely N-dealkylation sites (tertiary alicyclic amines) is 1. The van der Waals surface area contributed by atoms with Crippen LogP contribution in [-0.2, 0) is 11.2 Å². The van der Waals surface area contributed by atoms with Gasteiger partial charge in [0.15, 0.2) is 0 Å². The molecule has 2 aromatic carbocycles. The quantitative estimate of drug-likeness (QED) is 0.830. The van der Waals surface area contributed by atoms with Gasteiger partial charge in [-0.2, -0.15) is 0 Å². The highest BCUT2D eigenvalue weighted by Gasteiger charge is 2.29. The second kappa shape index (κ2) is 5.91. The number of benzene rings is 2. The lowest BCUT2D eigenvalue weighted by Crippen LogP contribution is -2.31. The zero-order valence-corrected chi connectivity index (χ0v) is 11.5. The first-order valence-corrected chi connectivity index (χ1v) is 7.23. The Labute approximate surface area is 120 Å². The minimum atomic E-state index is 0.238. The minimum absolute atomic E-state index is 0.238. The van der Waals surface area contributed by atoms with Crippen LogP contribution in [-0.4, -0.2) is 17.4 Å². The number of hydrogen-bond acceptors (Lipinski definition) is 1. The van der Waals surface area contributed by atoms with E-state index in [-0.39, 0.29) is 11.9 Å². The van der Waals surface area contributed by atoms with Gasteiger partial charge >= 0.3 is 0 Å². The van der Waals surface area contributed by atoms with Gasteiger partial charge < -0.3 is 4.90 Å². The van der Waals surface area contributed by atoms with Crippen molar-refractivity contribution in [3.8, 4) is 0 Å². The van der Waals surface area contributed by atoms with Crippen LogP contribution in [0, 0.1) is 0 Å². The number of hydrogen-bond donors (Lipinski definition) is 0. The van der Waals surface area contributed by atoms with E-state index in [1.54, 1.807) is 0 Å². The summed E-state index contributed by atoms with van der Waals surface area (Å²) in [5, 5.41) is 0. The fourth-order valence-corrected chi connectivity index (χ4v) is 2.96. The van der Waals surface area contributed by atoms with Gasteiger partial charge in [0.05, 0.1) is 12.5 Å². The van der Waals surface area contributed by atoms with Crippen LogP contribution in [0.25, 0.3) is 0 Å². The summed E-state index contributed by atoms with van der Waals surface area (Å²) < 4.78 is 0. The molecular weight excluding hydrogens is 246 g/mol. The topological polar surface area (TPSA) is 20.3 Å². The lowest BCUT2D eigenvalue weighted by atomic mass is 10.0. The van der Waals surface area contributed by atoms with E-state index < -0.39 is 0 Å². The Balaban J connectivity index is 1.74. The number of carbonyl (C=O) groups is 1. The molecule has 2 aromatic rings. The molecule has 0 spiro atoms. The van der Waals surface area contributed by atoms with Crippen molar-refractivity contribution in [3.05, 3.63) is 71.8 Å². The van der Waals surface area contributed by atoms with Crippen LogP contribution in [0.2, 0.25) is 0 Å². The average Bonchev–Trinajstić information content (AvgIpc) is 2.99. The van der Waals surface area contributed by atoms with E-state index >= 15 is 0 Å². The Morgan fingerprint density at radius 3 is 2.35 bits per heavy atom. The van der Waals surface area contributed by atoms with Crippen molar-refractivity contribution in [3.63, 3.8) is 0 Å². The molecule has 0 saturated carbocycles. The monoisotopic (exact) mass is 265 g/mol. The third kappa shape index (κ3) is 2.74. The van der Waals surface area contributed by atoms with Crippen LogP contribution in [0.3, 0.4) is 0 Å². The van der Waals surface area contributed by atoms with Crippen molar-refractivity contribution in [2.75, 3.05) is 6.54 Å². The number of rotatable bonds is 3. The van der Waals surface area contributed by atoms with Gasteiger partial charge in [0.25, 0.3) is 0 Å². The standard InChI is InChI=1S/C18H19NO/c20-18(14-15-8-3-1-4-9-15)19-13-7-12-17(19)16-10-5-2-6-11-16/h1-6,8-11,17H,7,12-14H2/t17-/m1/s1. The van der Waals surface area contributed by atoms with Gasteiger partial charge in [-0.1, -0.05) is 60.7 Å². The van der Waals surface area contributed by atoms with Crippen LogP contribution < -0.4 is 0 Å². The molecule has 20 heavy (non-hydrogen) atoms. The van der Waals surface area contributed by atoms with E-state index in [0.717, 1.165) is 24.9 Å². The fourth-order valence-electron chi connectivity index (χ4n) is 2.96. The molecule has 1 amide bonds. The molecule has 0 radical (unpaired) electrons. The molecule has 1 aliphatic rings. The highest BCUT2D eigenvalue weighted by atomic mass is 16.2. The van der Waals surface area contributed by atoms with Gasteiger partial charge in [0.2, 0.25) is 5.91 Å². The number of carbonyl (C=O) groups excluding carboxylic acids is 1. The fraction of sp³-hybridized carbons (Fsp3) is 0.278. The second-order valence-electron chi connectivity index (χ2n) is 5.32. The van der Waals surface area contributed by atoms with Gasteiger partial charge in [0.1, 0.15) is 0 Å². The van der Waals surface area contributed by atoms with Crippen LogP contribution in [0.4, 0.5) is 0 Å². The maximum absolute atomic E-state index is 12.5. The third-order valence-corrected chi connectivity index (χ3v) is 3.96. The largest absolute Gasteiger partial charge is 0.335 e. The van der Waals surface area contributed by atoms with Crippen LogP contribution in [0.5, 0.6) is 0 Å². The summed E-state index contributed by atoms with van der Waals surface area (Å²) in [6, 6.07) is 20.6. The predicted molar refractivity (Wildman–Crippen MR) is 80.3 cm³/mol. The zero-order valence-electron chi connectivity index (χ0n) is 11.5. The molecule has 1 saturated heterocycles. The van der Waals surface area contributed by atoms with Crippen LogP contribution in [0.1, 0.15) is 30.0 Å². The second-order valence-corrected chi connectivity index (χ2v) is 5.32. The average molecular weight is 265 g/mol. The molecule has 1 atom stereocenters. The Morgan fingerprint density at radius 1 is 1.00 bits per heavy atom. The lowest BCUT2D eigenvalue weighted by molar-refractivity contribution is -0.131. The summed E-state index contributed by atoms with van der Waals surface area (Å²) >= 11 is 0. The third-order valence-electron chi connectivity index (χ3n) is 3.96. The van der Waals surface area contributed by atoms with Crippen molar-refractivity contribution in [1.82, 2.24) is 4.90 Å². The normalized spacial score (nSPS) is 18.2. The van der Waals surface area contributed by atoms with E-state index in [0.29, 0.717) is 6.42 Å². The highest BCUT2D eigenvalue weighted by Crippen LogP contribution is 2.32. The van der Waals surface area contributed by atoms with Crippen LogP contribution >= 0.6 is 0 Å². The Bertz CT molecular complexity index is 564. The SMILES string of the molecule is O=C(Cc1ccccc1)N1CCC[C@@H]1c1ccccc1. The Kier molecular flexibility index (Phi) is 3.82. The molecule has 3 rings (SSSR count). The number of nitrogens with zero attached hydrogens (tertiary/aromatic N) is 1. The maximum Gasteiger partial charge on any atom is 0.227 e. The van der Waals surface area contributed by atoms with Crippen molar-refractivity contribution >= 4 is 5.91 Å². The first kappa shape index (κ1) is 12.9. The lowest BCUT2D eigenvalue weighted by Gasteiger charge is -2.25. The molecule has 1 fully saturated rings. The Morgan fingerprint density at radius 2 is 1.65 bits per heavy atom. The van der Waals surface area contributed by atoms with Crippen molar-refractivity contribution < 1.29 is 4.79 Å². The molecule has 0 unspecified atom stereocenters. The van der Waals surface area contributed by atoms with E-state index in [1.165, 1.54) is 5.56 Å².